The fourth-order valence-electron chi connectivity index (χ4n) is 4.08. The minimum Gasteiger partial charge on any atom is -0.364 e. The lowest BCUT2D eigenvalue weighted by Crippen LogP contribution is -2.43. The quantitative estimate of drug-likeness (QED) is 0.541. The number of benzene rings is 1. The topological polar surface area (TPSA) is 123 Å². The lowest BCUT2D eigenvalue weighted by atomic mass is 9.98. The second-order valence-electron chi connectivity index (χ2n) is 8.23. The third-order valence-electron chi connectivity index (χ3n) is 5.50. The van der Waals surface area contributed by atoms with Crippen LogP contribution in [0.3, 0.4) is 0 Å². The number of primary amides is 1. The van der Waals surface area contributed by atoms with Crippen molar-refractivity contribution >= 4 is 34.9 Å². The number of hydrogen-bond donors (Lipinski definition) is 3. The van der Waals surface area contributed by atoms with Gasteiger partial charge in [0.25, 0.3) is 5.91 Å². The highest BCUT2D eigenvalue weighted by molar-refractivity contribution is 5.99. The van der Waals surface area contributed by atoms with Crippen molar-refractivity contribution in [2.75, 3.05) is 6.54 Å². The maximum Gasteiger partial charge on any atom is 0.265 e. The van der Waals surface area contributed by atoms with Gasteiger partial charge in [0.05, 0.1) is 6.04 Å². The number of carbonyl (C=O) groups is 4. The van der Waals surface area contributed by atoms with Gasteiger partial charge in [0, 0.05) is 23.4 Å². The molecule has 3 rings (SSSR count). The molecule has 160 valence electrons. The van der Waals surface area contributed by atoms with E-state index >= 15 is 0 Å². The van der Waals surface area contributed by atoms with Crippen LogP contribution in [-0.4, -0.2) is 41.2 Å². The second kappa shape index (κ2) is 9.11. The van der Waals surface area contributed by atoms with Gasteiger partial charge in [-0.05, 0) is 37.3 Å². The van der Waals surface area contributed by atoms with Gasteiger partial charge >= 0.3 is 0 Å². The molecule has 2 heterocycles. The zero-order valence-electron chi connectivity index (χ0n) is 17.3. The van der Waals surface area contributed by atoms with Gasteiger partial charge in [-0.2, -0.15) is 0 Å². The smallest absolute Gasteiger partial charge is 0.265 e. The summed E-state index contributed by atoms with van der Waals surface area (Å²) in [5, 5.41) is 6.33. The van der Waals surface area contributed by atoms with Gasteiger partial charge in [-0.15, -0.1) is 0 Å². The number of nitrogens with one attached hydrogen (secondary N) is 2. The highest BCUT2D eigenvalue weighted by Gasteiger charge is 2.31. The van der Waals surface area contributed by atoms with E-state index in [0.717, 1.165) is 10.9 Å². The van der Waals surface area contributed by atoms with E-state index in [9.17, 15) is 19.2 Å². The molecule has 1 aliphatic rings. The fraction of sp³-hybridized carbons (Fsp3) is 0.455. The Kier molecular flexibility index (Phi) is 6.54. The molecule has 1 aliphatic heterocycles. The lowest BCUT2D eigenvalue weighted by molar-refractivity contribution is -0.128. The van der Waals surface area contributed by atoms with Gasteiger partial charge in [0.2, 0.25) is 11.8 Å². The van der Waals surface area contributed by atoms with E-state index in [1.165, 1.54) is 0 Å². The van der Waals surface area contributed by atoms with Gasteiger partial charge in [-0.25, -0.2) is 0 Å². The molecule has 0 saturated carbocycles. The standard InChI is InChI=1S/C22H28N4O4/c1-13(2)9-19(22(30)25-16(12-27)10-15-7-8-24-21(15)29)26-17-6-4-3-5-14(17)11-18(26)20(23)28/h3-6,11-13,15-16,19H,7-10H2,1-2H3,(H2,23,28)(H,24,29)(H,25,30)/t15-,16-,19-/m0/s1. The Morgan fingerprint density at radius 2 is 2.07 bits per heavy atom. The first-order chi connectivity index (χ1) is 14.3. The summed E-state index contributed by atoms with van der Waals surface area (Å²) < 4.78 is 1.66. The molecule has 8 heteroatoms. The maximum absolute atomic E-state index is 13.3. The number of fused-ring (bicyclic) bond motifs is 1. The van der Waals surface area contributed by atoms with Crippen molar-refractivity contribution in [3.8, 4) is 0 Å². The number of carbonyl (C=O) groups excluding carboxylic acids is 4. The Morgan fingerprint density at radius 3 is 2.67 bits per heavy atom. The Balaban J connectivity index is 1.92. The highest BCUT2D eigenvalue weighted by atomic mass is 16.2. The molecular weight excluding hydrogens is 384 g/mol. The Labute approximate surface area is 175 Å². The van der Waals surface area contributed by atoms with Gasteiger partial charge in [0.15, 0.2) is 0 Å². The van der Waals surface area contributed by atoms with E-state index in [1.54, 1.807) is 10.6 Å². The van der Waals surface area contributed by atoms with Crippen molar-refractivity contribution in [2.45, 2.75) is 45.2 Å². The molecule has 0 unspecified atom stereocenters. The van der Waals surface area contributed by atoms with Gasteiger partial charge in [0.1, 0.15) is 18.0 Å². The van der Waals surface area contributed by atoms with Crippen LogP contribution in [0.2, 0.25) is 0 Å². The molecule has 1 aromatic carbocycles. The predicted octanol–water partition coefficient (Wildman–Crippen LogP) is 1.54. The molecule has 8 nitrogen and oxygen atoms in total. The average molecular weight is 412 g/mol. The van der Waals surface area contributed by atoms with E-state index in [2.05, 4.69) is 10.6 Å². The van der Waals surface area contributed by atoms with Crippen molar-refractivity contribution in [1.29, 1.82) is 0 Å². The number of hydrogen-bond acceptors (Lipinski definition) is 4. The molecule has 3 amide bonds. The van der Waals surface area contributed by atoms with E-state index in [4.69, 9.17) is 5.73 Å². The molecule has 0 spiro atoms. The summed E-state index contributed by atoms with van der Waals surface area (Å²) in [6, 6.07) is 7.56. The van der Waals surface area contributed by atoms with Crippen molar-refractivity contribution in [2.24, 2.45) is 17.6 Å². The summed E-state index contributed by atoms with van der Waals surface area (Å²) in [7, 11) is 0. The van der Waals surface area contributed by atoms with Crippen molar-refractivity contribution in [1.82, 2.24) is 15.2 Å². The van der Waals surface area contributed by atoms with Crippen molar-refractivity contribution < 1.29 is 19.2 Å². The van der Waals surface area contributed by atoms with Crippen molar-refractivity contribution in [3.05, 3.63) is 36.0 Å². The number of nitrogens with two attached hydrogens (primary N) is 1. The summed E-state index contributed by atoms with van der Waals surface area (Å²) in [4.78, 5) is 48.9. The number of rotatable bonds is 9. The molecule has 30 heavy (non-hydrogen) atoms. The van der Waals surface area contributed by atoms with Crippen LogP contribution in [0, 0.1) is 11.8 Å². The zero-order chi connectivity index (χ0) is 21.8. The van der Waals surface area contributed by atoms with E-state index < -0.39 is 18.0 Å². The summed E-state index contributed by atoms with van der Waals surface area (Å²) in [5.41, 5.74) is 6.58. The largest absolute Gasteiger partial charge is 0.364 e. The average Bonchev–Trinajstić information content (AvgIpc) is 3.28. The third-order valence-corrected chi connectivity index (χ3v) is 5.50. The van der Waals surface area contributed by atoms with Gasteiger partial charge in [-0.1, -0.05) is 32.0 Å². The Morgan fingerprint density at radius 1 is 1.33 bits per heavy atom. The summed E-state index contributed by atoms with van der Waals surface area (Å²) in [6.45, 7) is 4.54. The highest BCUT2D eigenvalue weighted by Crippen LogP contribution is 2.28. The van der Waals surface area contributed by atoms with Crippen LogP contribution in [0.4, 0.5) is 0 Å². The molecule has 1 fully saturated rings. The minimum atomic E-state index is -0.778. The van der Waals surface area contributed by atoms with E-state index in [-0.39, 0.29) is 35.8 Å². The fourth-order valence-corrected chi connectivity index (χ4v) is 4.08. The number of aromatic nitrogens is 1. The summed E-state index contributed by atoms with van der Waals surface area (Å²) in [6.07, 6.45) is 2.02. The first-order valence-electron chi connectivity index (χ1n) is 10.2. The molecule has 3 atom stereocenters. The third kappa shape index (κ3) is 4.53. The number of amides is 3. The Hall–Kier alpha value is -3.16. The molecule has 1 aromatic heterocycles. The molecule has 0 radical (unpaired) electrons. The van der Waals surface area contributed by atoms with E-state index in [0.29, 0.717) is 25.7 Å². The Bertz CT molecular complexity index is 965. The van der Waals surface area contributed by atoms with Crippen LogP contribution in [0.5, 0.6) is 0 Å². The second-order valence-corrected chi connectivity index (χ2v) is 8.23. The predicted molar refractivity (Wildman–Crippen MR) is 113 cm³/mol. The molecule has 4 N–H and O–H groups in total. The van der Waals surface area contributed by atoms with Crippen LogP contribution < -0.4 is 16.4 Å². The molecule has 0 aliphatic carbocycles. The summed E-state index contributed by atoms with van der Waals surface area (Å²) in [5.74, 6) is -1.23. The molecule has 1 saturated heterocycles. The first-order valence-corrected chi connectivity index (χ1v) is 10.2. The SMILES string of the molecule is CC(C)C[C@@H](C(=O)N[C@H](C=O)C[C@@H]1CCNC1=O)n1c(C(N)=O)cc2ccccc21. The normalized spacial score (nSPS) is 18.2. The zero-order valence-corrected chi connectivity index (χ0v) is 17.3. The molecule has 2 aromatic rings. The summed E-state index contributed by atoms with van der Waals surface area (Å²) >= 11 is 0. The molecular formula is C22H28N4O4. The van der Waals surface area contributed by atoms with E-state index in [1.807, 2.05) is 38.1 Å². The maximum atomic E-state index is 13.3. The number of nitrogens with zero attached hydrogens (tertiary/aromatic N) is 1. The molecule has 0 bridgehead atoms. The first kappa shape index (κ1) is 21.5. The van der Waals surface area contributed by atoms with Crippen LogP contribution in [0.1, 0.15) is 49.6 Å². The monoisotopic (exact) mass is 412 g/mol. The van der Waals surface area contributed by atoms with Gasteiger partial charge in [-0.3, -0.25) is 14.4 Å². The number of aldehydes is 1. The number of para-hydroxylation sites is 1. The lowest BCUT2D eigenvalue weighted by Gasteiger charge is -2.25. The van der Waals surface area contributed by atoms with Crippen LogP contribution in [-0.2, 0) is 14.4 Å². The van der Waals surface area contributed by atoms with Crippen LogP contribution >= 0.6 is 0 Å². The minimum absolute atomic E-state index is 0.0951. The van der Waals surface area contributed by atoms with Crippen LogP contribution in [0.25, 0.3) is 10.9 Å². The van der Waals surface area contributed by atoms with Crippen molar-refractivity contribution in [3.63, 3.8) is 0 Å². The van der Waals surface area contributed by atoms with Gasteiger partial charge < -0.3 is 25.7 Å². The van der Waals surface area contributed by atoms with Crippen LogP contribution in [0.15, 0.2) is 30.3 Å².